The van der Waals surface area contributed by atoms with Gasteiger partial charge in [-0.05, 0) is 11.1 Å². The molecule has 0 aliphatic heterocycles. The maximum Gasteiger partial charge on any atom is 0.323 e. The van der Waals surface area contributed by atoms with E-state index in [4.69, 9.17) is 4.52 Å². The fraction of sp³-hybridized carbons (Fsp3) is 0.143. The van der Waals surface area contributed by atoms with Crippen LogP contribution in [0.25, 0.3) is 0 Å². The van der Waals surface area contributed by atoms with Gasteiger partial charge >= 0.3 is 5.77 Å². The summed E-state index contributed by atoms with van der Waals surface area (Å²) in [7, 11) is 1.00. The molecule has 0 radical (unpaired) electrons. The Kier molecular flexibility index (Phi) is 6.59. The number of benzene rings is 2. The number of thiol groups is 1. The molecule has 0 amide bonds. The second-order valence-corrected chi connectivity index (χ2v) is 12.2. The highest BCUT2D eigenvalue weighted by Crippen LogP contribution is 2.72. The third-order valence-electron chi connectivity index (χ3n) is 2.56. The van der Waals surface area contributed by atoms with Crippen LogP contribution in [0.3, 0.4) is 0 Å². The van der Waals surface area contributed by atoms with Crippen LogP contribution in [0.15, 0.2) is 60.7 Å². The van der Waals surface area contributed by atoms with E-state index < -0.39 is 5.77 Å². The summed E-state index contributed by atoms with van der Waals surface area (Å²) in [6.07, 6.45) is 0. The van der Waals surface area contributed by atoms with Crippen molar-refractivity contribution in [3.8, 4) is 0 Å². The van der Waals surface area contributed by atoms with Crippen LogP contribution in [0.2, 0.25) is 0 Å². The van der Waals surface area contributed by atoms with Crippen molar-refractivity contribution in [1.82, 2.24) is 0 Å². The van der Waals surface area contributed by atoms with Crippen molar-refractivity contribution in [1.29, 1.82) is 0 Å². The van der Waals surface area contributed by atoms with Crippen LogP contribution >= 0.6 is 39.2 Å². The third-order valence-corrected chi connectivity index (χ3v) is 11.1. The summed E-state index contributed by atoms with van der Waals surface area (Å²) in [5.41, 5.74) is 2.14. The minimum Gasteiger partial charge on any atom is -0.308 e. The molecular weight excluding hydrogens is 327 g/mol. The molecule has 2 aromatic rings. The summed E-state index contributed by atoms with van der Waals surface area (Å²) in [6.45, 7) is 0.341. The van der Waals surface area contributed by atoms with Crippen LogP contribution in [0, 0.1) is 0 Å². The Morgan fingerprint density at radius 3 is 2.05 bits per heavy atom. The van der Waals surface area contributed by atoms with E-state index in [0.29, 0.717) is 12.4 Å². The van der Waals surface area contributed by atoms with Crippen molar-refractivity contribution in [2.24, 2.45) is 0 Å². The van der Waals surface area contributed by atoms with Gasteiger partial charge in [-0.1, -0.05) is 72.0 Å². The van der Waals surface area contributed by atoms with Crippen LogP contribution in [-0.4, -0.2) is 0 Å². The maximum absolute atomic E-state index is 12.6. The fourth-order valence-corrected chi connectivity index (χ4v) is 6.86. The van der Waals surface area contributed by atoms with Crippen LogP contribution < -0.4 is 0 Å². The van der Waals surface area contributed by atoms with Crippen LogP contribution in [0.5, 0.6) is 0 Å². The van der Waals surface area contributed by atoms with Gasteiger partial charge in [0.15, 0.2) is 0 Å². The van der Waals surface area contributed by atoms with E-state index in [-0.39, 0.29) is 0 Å². The molecule has 1 atom stereocenters. The Balaban J connectivity index is 1.90. The molecule has 1 unspecified atom stereocenters. The first kappa shape index (κ1) is 16.1. The van der Waals surface area contributed by atoms with Gasteiger partial charge in [0.1, 0.15) is 0 Å². The number of hydrogen-bond donors (Lipinski definition) is 1. The minimum absolute atomic E-state index is 0.341. The van der Waals surface area contributed by atoms with Crippen molar-refractivity contribution in [2.75, 3.05) is 0 Å². The van der Waals surface area contributed by atoms with Crippen LogP contribution in [-0.2, 0) is 21.4 Å². The average molecular weight is 342 g/mol. The van der Waals surface area contributed by atoms with Gasteiger partial charge < -0.3 is 4.52 Å². The largest absolute Gasteiger partial charge is 0.323 e. The minimum atomic E-state index is -2.83. The SMILES string of the molecule is O=P(OCc1ccccc1)(SS)SCc1ccccc1. The average Bonchev–Trinajstić information content (AvgIpc) is 2.53. The molecule has 0 spiro atoms. The highest BCUT2D eigenvalue weighted by Gasteiger charge is 2.23. The quantitative estimate of drug-likeness (QED) is 0.389. The first-order chi connectivity index (χ1) is 9.72. The van der Waals surface area contributed by atoms with Gasteiger partial charge in [0.25, 0.3) is 0 Å². The van der Waals surface area contributed by atoms with Crippen LogP contribution in [0.1, 0.15) is 11.1 Å². The van der Waals surface area contributed by atoms with E-state index in [9.17, 15) is 4.57 Å². The molecule has 2 rings (SSSR count). The van der Waals surface area contributed by atoms with Gasteiger partial charge in [-0.2, -0.15) is 0 Å². The molecule has 0 N–H and O–H groups in total. The van der Waals surface area contributed by atoms with Crippen molar-refractivity contribution >= 4 is 39.2 Å². The van der Waals surface area contributed by atoms with Gasteiger partial charge in [-0.3, -0.25) is 4.57 Å². The molecule has 20 heavy (non-hydrogen) atoms. The van der Waals surface area contributed by atoms with Crippen molar-refractivity contribution < 1.29 is 9.09 Å². The van der Waals surface area contributed by atoms with Gasteiger partial charge in [-0.25, -0.2) is 0 Å². The molecule has 0 saturated carbocycles. The normalized spacial score (nSPS) is 13.8. The molecule has 0 heterocycles. The smallest absolute Gasteiger partial charge is 0.308 e. The molecule has 0 aliphatic carbocycles. The number of rotatable bonds is 7. The van der Waals surface area contributed by atoms with Crippen LogP contribution in [0.4, 0.5) is 0 Å². The fourth-order valence-electron chi connectivity index (χ4n) is 1.54. The lowest BCUT2D eigenvalue weighted by Gasteiger charge is -2.14. The predicted octanol–water partition coefficient (Wildman–Crippen LogP) is 5.82. The number of hydrogen-bond acceptors (Lipinski definition) is 5. The van der Waals surface area contributed by atoms with Crippen molar-refractivity contribution in [3.63, 3.8) is 0 Å². The molecule has 0 fully saturated rings. The predicted molar refractivity (Wildman–Crippen MR) is 93.2 cm³/mol. The zero-order valence-electron chi connectivity index (χ0n) is 10.7. The first-order valence-corrected chi connectivity index (χ1v) is 11.7. The van der Waals surface area contributed by atoms with E-state index in [0.717, 1.165) is 21.5 Å². The lowest BCUT2D eigenvalue weighted by Crippen LogP contribution is -1.88. The Morgan fingerprint density at radius 2 is 1.50 bits per heavy atom. The van der Waals surface area contributed by atoms with Gasteiger partial charge in [0.05, 0.1) is 6.61 Å². The van der Waals surface area contributed by atoms with Gasteiger partial charge in [0, 0.05) is 16.2 Å². The van der Waals surface area contributed by atoms with Crippen molar-refractivity contribution in [3.05, 3.63) is 71.8 Å². The molecule has 0 aliphatic rings. The summed E-state index contributed by atoms with van der Waals surface area (Å²) in [4.78, 5) is 0. The Labute approximate surface area is 132 Å². The Bertz CT molecular complexity index is 516. The molecule has 0 saturated heterocycles. The van der Waals surface area contributed by atoms with E-state index in [2.05, 4.69) is 11.7 Å². The molecule has 0 bridgehead atoms. The lowest BCUT2D eigenvalue weighted by molar-refractivity contribution is 0.325. The summed E-state index contributed by atoms with van der Waals surface area (Å²) in [5.74, 6) is -2.18. The zero-order chi connectivity index (χ0) is 14.3. The summed E-state index contributed by atoms with van der Waals surface area (Å²) in [6, 6.07) is 19.7. The van der Waals surface area contributed by atoms with E-state index in [1.807, 2.05) is 60.7 Å². The Morgan fingerprint density at radius 1 is 0.950 bits per heavy atom. The van der Waals surface area contributed by atoms with E-state index in [1.165, 1.54) is 11.4 Å². The first-order valence-electron chi connectivity index (χ1n) is 6.02. The Hall–Kier alpha value is -0.320. The van der Waals surface area contributed by atoms with E-state index in [1.54, 1.807) is 0 Å². The third kappa shape index (κ3) is 5.23. The van der Waals surface area contributed by atoms with Gasteiger partial charge in [0.2, 0.25) is 0 Å². The lowest BCUT2D eigenvalue weighted by atomic mass is 10.2. The molecule has 6 heteroatoms. The zero-order valence-corrected chi connectivity index (χ0v) is 14.1. The molecule has 106 valence electrons. The monoisotopic (exact) mass is 342 g/mol. The van der Waals surface area contributed by atoms with E-state index >= 15 is 0 Å². The highest BCUT2D eigenvalue weighted by molar-refractivity contribution is 9.08. The molecule has 0 aromatic heterocycles. The standard InChI is InChI=1S/C14H15O2PS3/c15-17(20-18,16-11-13-7-3-1-4-8-13)19-12-14-9-5-2-6-10-14/h1-10,18H,11-12H2. The summed E-state index contributed by atoms with van der Waals surface area (Å²) >= 11 is 5.42. The second kappa shape index (κ2) is 8.20. The molecular formula is C14H15O2PS3. The second-order valence-electron chi connectivity index (χ2n) is 4.05. The van der Waals surface area contributed by atoms with Crippen molar-refractivity contribution in [2.45, 2.75) is 12.4 Å². The molecule has 2 nitrogen and oxygen atoms in total. The summed E-state index contributed by atoms with van der Waals surface area (Å²) < 4.78 is 18.1. The highest BCUT2D eigenvalue weighted by atomic mass is 33.4. The maximum atomic E-state index is 12.6. The summed E-state index contributed by atoms with van der Waals surface area (Å²) in [5, 5.41) is 0. The van der Waals surface area contributed by atoms with Gasteiger partial charge in [-0.15, -0.1) is 11.7 Å². The molecule has 2 aromatic carbocycles. The topological polar surface area (TPSA) is 26.3 Å².